The maximum absolute atomic E-state index is 11.8. The topological polar surface area (TPSA) is 65.5 Å². The predicted octanol–water partition coefficient (Wildman–Crippen LogP) is 2.54. The van der Waals surface area contributed by atoms with Crippen molar-refractivity contribution < 1.29 is 19.1 Å². The van der Waals surface area contributed by atoms with Crippen LogP contribution in [0.5, 0.6) is 0 Å². The van der Waals surface area contributed by atoms with Crippen LogP contribution in [0.3, 0.4) is 0 Å². The zero-order valence-corrected chi connectivity index (χ0v) is 12.5. The first-order valence-corrected chi connectivity index (χ1v) is 6.72. The summed E-state index contributed by atoms with van der Waals surface area (Å²) in [5, 5.41) is 0. The third kappa shape index (κ3) is 5.60. The van der Waals surface area contributed by atoms with E-state index in [1.165, 1.54) is 6.08 Å². The van der Waals surface area contributed by atoms with Crippen molar-refractivity contribution in [3.63, 3.8) is 0 Å². The minimum Gasteiger partial charge on any atom is -0.462 e. The molecule has 0 aliphatic heterocycles. The SMILES string of the molecule is CCOC(=O)C(=CC(C)=Cc1cccnc1)C(=O)OCC. The summed E-state index contributed by atoms with van der Waals surface area (Å²) in [6.07, 6.45) is 6.63. The Balaban J connectivity index is 3.03. The fourth-order valence-electron chi connectivity index (χ4n) is 1.61. The van der Waals surface area contributed by atoms with Crippen LogP contribution in [0.15, 0.2) is 41.7 Å². The first-order valence-electron chi connectivity index (χ1n) is 6.72. The number of pyridine rings is 1. The van der Waals surface area contributed by atoms with Crippen LogP contribution in [0.25, 0.3) is 6.08 Å². The van der Waals surface area contributed by atoms with E-state index in [9.17, 15) is 9.59 Å². The van der Waals surface area contributed by atoms with Crippen molar-refractivity contribution >= 4 is 18.0 Å². The second-order valence-corrected chi connectivity index (χ2v) is 4.17. The normalized spacial score (nSPS) is 10.7. The minimum absolute atomic E-state index is 0.114. The van der Waals surface area contributed by atoms with E-state index in [0.717, 1.165) is 11.1 Å². The van der Waals surface area contributed by atoms with Gasteiger partial charge in [-0.25, -0.2) is 9.59 Å². The summed E-state index contributed by atoms with van der Waals surface area (Å²) in [4.78, 5) is 27.6. The highest BCUT2D eigenvalue weighted by Gasteiger charge is 2.20. The molecule has 0 atom stereocenters. The van der Waals surface area contributed by atoms with Crippen molar-refractivity contribution in [1.29, 1.82) is 0 Å². The van der Waals surface area contributed by atoms with Gasteiger partial charge in [0.25, 0.3) is 0 Å². The molecule has 1 heterocycles. The number of rotatable bonds is 6. The van der Waals surface area contributed by atoms with Gasteiger partial charge in [-0.05, 0) is 44.1 Å². The molecule has 0 saturated carbocycles. The third-order valence-electron chi connectivity index (χ3n) is 2.44. The van der Waals surface area contributed by atoms with Crippen LogP contribution < -0.4 is 0 Å². The highest BCUT2D eigenvalue weighted by atomic mass is 16.6. The lowest BCUT2D eigenvalue weighted by atomic mass is 10.1. The summed E-state index contributed by atoms with van der Waals surface area (Å²) in [7, 11) is 0. The van der Waals surface area contributed by atoms with E-state index in [1.54, 1.807) is 39.2 Å². The Kier molecular flexibility index (Phi) is 6.87. The van der Waals surface area contributed by atoms with E-state index in [2.05, 4.69) is 4.98 Å². The first-order chi connectivity index (χ1) is 10.1. The molecule has 1 aromatic rings. The molecular formula is C16H19NO4. The molecule has 1 aromatic heterocycles. The molecule has 0 unspecified atom stereocenters. The molecule has 1 rings (SSSR count). The second-order valence-electron chi connectivity index (χ2n) is 4.17. The molecule has 0 radical (unpaired) electrons. The number of hydrogen-bond acceptors (Lipinski definition) is 5. The van der Waals surface area contributed by atoms with Gasteiger partial charge < -0.3 is 9.47 Å². The van der Waals surface area contributed by atoms with Gasteiger partial charge in [0.2, 0.25) is 0 Å². The summed E-state index contributed by atoms with van der Waals surface area (Å²) in [6, 6.07) is 3.68. The summed E-state index contributed by atoms with van der Waals surface area (Å²) in [5.41, 5.74) is 1.48. The molecule has 5 heteroatoms. The van der Waals surface area contributed by atoms with Gasteiger partial charge in [0.1, 0.15) is 5.57 Å². The molecule has 0 aliphatic rings. The average molecular weight is 289 g/mol. The molecule has 5 nitrogen and oxygen atoms in total. The Morgan fingerprint density at radius 1 is 1.19 bits per heavy atom. The van der Waals surface area contributed by atoms with Gasteiger partial charge in [0.05, 0.1) is 13.2 Å². The number of nitrogens with zero attached hydrogens (tertiary/aromatic N) is 1. The summed E-state index contributed by atoms with van der Waals surface area (Å²) < 4.78 is 9.75. The van der Waals surface area contributed by atoms with Gasteiger partial charge in [-0.3, -0.25) is 4.98 Å². The second kappa shape index (κ2) is 8.68. The lowest BCUT2D eigenvalue weighted by molar-refractivity contribution is -0.146. The zero-order chi connectivity index (χ0) is 15.7. The van der Waals surface area contributed by atoms with Gasteiger partial charge in [-0.1, -0.05) is 12.1 Å². The van der Waals surface area contributed by atoms with Crippen LogP contribution in [0.1, 0.15) is 26.3 Å². The van der Waals surface area contributed by atoms with E-state index in [0.29, 0.717) is 0 Å². The molecule has 0 bridgehead atoms. The highest BCUT2D eigenvalue weighted by molar-refractivity contribution is 6.14. The first kappa shape index (κ1) is 16.6. The van der Waals surface area contributed by atoms with Crippen molar-refractivity contribution in [2.24, 2.45) is 0 Å². The van der Waals surface area contributed by atoms with Gasteiger partial charge in [-0.15, -0.1) is 0 Å². The maximum Gasteiger partial charge on any atom is 0.345 e. The van der Waals surface area contributed by atoms with E-state index >= 15 is 0 Å². The predicted molar refractivity (Wildman–Crippen MR) is 79.2 cm³/mol. The molecule has 21 heavy (non-hydrogen) atoms. The number of aromatic nitrogens is 1. The van der Waals surface area contributed by atoms with Crippen LogP contribution in [-0.4, -0.2) is 30.1 Å². The fraction of sp³-hybridized carbons (Fsp3) is 0.312. The van der Waals surface area contributed by atoms with E-state index in [1.807, 2.05) is 12.1 Å². The number of carbonyl (C=O) groups is 2. The summed E-state index contributed by atoms with van der Waals surface area (Å²) in [6.45, 7) is 5.53. The Bertz CT molecular complexity index is 527. The summed E-state index contributed by atoms with van der Waals surface area (Å²) in [5.74, 6) is -1.37. The number of esters is 2. The molecule has 0 fully saturated rings. The van der Waals surface area contributed by atoms with Crippen LogP contribution in [0, 0.1) is 0 Å². The molecule has 0 N–H and O–H groups in total. The van der Waals surface area contributed by atoms with Crippen LogP contribution in [0.2, 0.25) is 0 Å². The Morgan fingerprint density at radius 3 is 2.29 bits per heavy atom. The van der Waals surface area contributed by atoms with Gasteiger partial charge in [0, 0.05) is 12.4 Å². The molecule has 0 aliphatic carbocycles. The molecule has 112 valence electrons. The number of ether oxygens (including phenoxy) is 2. The van der Waals surface area contributed by atoms with E-state index in [-0.39, 0.29) is 18.8 Å². The molecule has 0 aromatic carbocycles. The van der Waals surface area contributed by atoms with Crippen molar-refractivity contribution in [2.45, 2.75) is 20.8 Å². The average Bonchev–Trinajstić information content (AvgIpc) is 2.46. The number of hydrogen-bond donors (Lipinski definition) is 0. The lowest BCUT2D eigenvalue weighted by Crippen LogP contribution is -2.18. The quantitative estimate of drug-likeness (QED) is 0.265. The van der Waals surface area contributed by atoms with Crippen LogP contribution in [-0.2, 0) is 19.1 Å². The number of carbonyl (C=O) groups excluding carboxylic acids is 2. The monoisotopic (exact) mass is 289 g/mol. The number of allylic oxidation sites excluding steroid dienone is 2. The molecular weight excluding hydrogens is 270 g/mol. The Hall–Kier alpha value is -2.43. The lowest BCUT2D eigenvalue weighted by Gasteiger charge is -2.06. The van der Waals surface area contributed by atoms with Crippen molar-refractivity contribution in [3.8, 4) is 0 Å². The molecule has 0 saturated heterocycles. The zero-order valence-electron chi connectivity index (χ0n) is 12.5. The fourth-order valence-corrected chi connectivity index (χ4v) is 1.61. The summed E-state index contributed by atoms with van der Waals surface area (Å²) >= 11 is 0. The van der Waals surface area contributed by atoms with Crippen LogP contribution in [0.4, 0.5) is 0 Å². The third-order valence-corrected chi connectivity index (χ3v) is 2.44. The van der Waals surface area contributed by atoms with Crippen molar-refractivity contribution in [1.82, 2.24) is 4.98 Å². The minimum atomic E-state index is -0.685. The standard InChI is InChI=1S/C16H19NO4/c1-4-20-15(18)14(16(19)21-5-2)10-12(3)9-13-7-6-8-17-11-13/h6-11H,4-5H2,1-3H3. The van der Waals surface area contributed by atoms with E-state index in [4.69, 9.17) is 9.47 Å². The van der Waals surface area contributed by atoms with Crippen molar-refractivity contribution in [2.75, 3.05) is 13.2 Å². The van der Waals surface area contributed by atoms with Gasteiger partial charge in [-0.2, -0.15) is 0 Å². The van der Waals surface area contributed by atoms with Crippen molar-refractivity contribution in [3.05, 3.63) is 47.3 Å². The maximum atomic E-state index is 11.8. The van der Waals surface area contributed by atoms with E-state index < -0.39 is 11.9 Å². The Morgan fingerprint density at radius 2 is 1.81 bits per heavy atom. The largest absolute Gasteiger partial charge is 0.462 e. The Labute approximate surface area is 124 Å². The molecule has 0 spiro atoms. The van der Waals surface area contributed by atoms with Crippen LogP contribution >= 0.6 is 0 Å². The smallest absolute Gasteiger partial charge is 0.345 e. The molecule has 0 amide bonds. The van der Waals surface area contributed by atoms with Gasteiger partial charge in [0.15, 0.2) is 0 Å². The highest BCUT2D eigenvalue weighted by Crippen LogP contribution is 2.11. The van der Waals surface area contributed by atoms with Gasteiger partial charge >= 0.3 is 11.9 Å².